The van der Waals surface area contributed by atoms with Gasteiger partial charge in [-0.2, -0.15) is 0 Å². The molecule has 0 bridgehead atoms. The van der Waals surface area contributed by atoms with Gasteiger partial charge in [0.1, 0.15) is 5.75 Å². The number of ether oxygens (including phenoxy) is 2. The standard InChI is InChI=1S/C20H19N3O7/c1-29-17-10-15(23(27)28)7-8-16(17)22-11-13(9-19(22)25)20(26)30-12-18(24)21-14-5-3-2-4-6-14/h2-8,10,13H,9,11-12H2,1H3,(H,21,24)/t13-/m0/s1. The molecule has 0 unspecified atom stereocenters. The number of nitrogens with one attached hydrogen (secondary N) is 1. The lowest BCUT2D eigenvalue weighted by Crippen LogP contribution is -2.28. The third-order valence-electron chi connectivity index (χ3n) is 4.53. The molecule has 0 radical (unpaired) electrons. The van der Waals surface area contributed by atoms with E-state index in [0.717, 1.165) is 0 Å². The third-order valence-corrected chi connectivity index (χ3v) is 4.53. The van der Waals surface area contributed by atoms with Gasteiger partial charge < -0.3 is 19.7 Å². The predicted octanol–water partition coefficient (Wildman–Crippen LogP) is 2.14. The minimum absolute atomic E-state index is 0.0200. The molecule has 30 heavy (non-hydrogen) atoms. The summed E-state index contributed by atoms with van der Waals surface area (Å²) in [6.45, 7) is -0.453. The van der Waals surface area contributed by atoms with Crippen LogP contribution >= 0.6 is 0 Å². The van der Waals surface area contributed by atoms with E-state index in [1.807, 2.05) is 0 Å². The fourth-order valence-corrected chi connectivity index (χ4v) is 3.07. The number of hydrogen-bond donors (Lipinski definition) is 1. The maximum absolute atomic E-state index is 12.4. The molecular formula is C20H19N3O7. The van der Waals surface area contributed by atoms with Gasteiger partial charge in [0.05, 0.1) is 29.7 Å². The van der Waals surface area contributed by atoms with Gasteiger partial charge in [0.25, 0.3) is 11.6 Å². The van der Waals surface area contributed by atoms with E-state index in [1.54, 1.807) is 30.3 Å². The predicted molar refractivity (Wildman–Crippen MR) is 106 cm³/mol. The first-order valence-corrected chi connectivity index (χ1v) is 9.03. The number of benzene rings is 2. The average Bonchev–Trinajstić information content (AvgIpc) is 3.13. The van der Waals surface area contributed by atoms with Gasteiger partial charge in [-0.05, 0) is 18.2 Å². The zero-order valence-electron chi connectivity index (χ0n) is 16.1. The molecule has 1 N–H and O–H groups in total. The first-order chi connectivity index (χ1) is 14.4. The van der Waals surface area contributed by atoms with Crippen molar-refractivity contribution in [3.05, 3.63) is 58.6 Å². The number of para-hydroxylation sites is 1. The minimum atomic E-state index is -0.762. The number of methoxy groups -OCH3 is 1. The van der Waals surface area contributed by atoms with Crippen LogP contribution in [0.1, 0.15) is 6.42 Å². The number of nitrogens with zero attached hydrogens (tertiary/aromatic N) is 2. The Morgan fingerprint density at radius 2 is 1.97 bits per heavy atom. The van der Waals surface area contributed by atoms with E-state index in [0.29, 0.717) is 11.4 Å². The highest BCUT2D eigenvalue weighted by molar-refractivity contribution is 6.01. The number of non-ortho nitro benzene ring substituents is 1. The van der Waals surface area contributed by atoms with E-state index in [9.17, 15) is 24.5 Å². The molecule has 1 saturated heterocycles. The van der Waals surface area contributed by atoms with Crippen LogP contribution in [0, 0.1) is 16.0 Å². The summed E-state index contributed by atoms with van der Waals surface area (Å²) in [6, 6.07) is 12.6. The second kappa shape index (κ2) is 9.03. The Kier molecular flexibility index (Phi) is 6.26. The van der Waals surface area contributed by atoms with Crippen LogP contribution in [-0.2, 0) is 19.1 Å². The molecule has 0 saturated carbocycles. The van der Waals surface area contributed by atoms with E-state index in [2.05, 4.69) is 5.32 Å². The molecule has 10 heteroatoms. The number of rotatable bonds is 7. The zero-order chi connectivity index (χ0) is 21.7. The van der Waals surface area contributed by atoms with Crippen molar-refractivity contribution >= 4 is 34.8 Å². The van der Waals surface area contributed by atoms with Gasteiger partial charge in [-0.3, -0.25) is 24.5 Å². The number of amides is 2. The Bertz CT molecular complexity index is 978. The number of nitro benzene ring substituents is 1. The van der Waals surface area contributed by atoms with Crippen LogP contribution in [0.5, 0.6) is 5.75 Å². The SMILES string of the molecule is COc1cc([N+](=O)[O-])ccc1N1C[C@@H](C(=O)OCC(=O)Nc2ccccc2)CC1=O. The quantitative estimate of drug-likeness (QED) is 0.418. The van der Waals surface area contributed by atoms with Crippen LogP contribution in [0.15, 0.2) is 48.5 Å². The van der Waals surface area contributed by atoms with Crippen LogP contribution in [0.25, 0.3) is 0 Å². The molecule has 156 valence electrons. The Morgan fingerprint density at radius 1 is 1.23 bits per heavy atom. The van der Waals surface area contributed by atoms with Crippen molar-refractivity contribution in [3.8, 4) is 5.75 Å². The fourth-order valence-electron chi connectivity index (χ4n) is 3.07. The van der Waals surface area contributed by atoms with Crippen LogP contribution in [0.2, 0.25) is 0 Å². The smallest absolute Gasteiger partial charge is 0.311 e. The first-order valence-electron chi connectivity index (χ1n) is 9.03. The molecule has 0 aliphatic carbocycles. The maximum Gasteiger partial charge on any atom is 0.311 e. The summed E-state index contributed by atoms with van der Waals surface area (Å²) in [5.41, 5.74) is 0.721. The first kappa shape index (κ1) is 20.8. The van der Waals surface area contributed by atoms with Crippen molar-refractivity contribution in [3.63, 3.8) is 0 Å². The van der Waals surface area contributed by atoms with Crippen molar-refractivity contribution in [1.29, 1.82) is 0 Å². The van der Waals surface area contributed by atoms with Gasteiger partial charge >= 0.3 is 5.97 Å². The van der Waals surface area contributed by atoms with E-state index >= 15 is 0 Å². The van der Waals surface area contributed by atoms with Crippen LogP contribution in [-0.4, -0.2) is 43.0 Å². The van der Waals surface area contributed by atoms with E-state index in [1.165, 1.54) is 30.2 Å². The maximum atomic E-state index is 12.4. The molecule has 2 aromatic rings. The lowest BCUT2D eigenvalue weighted by molar-refractivity contribution is -0.384. The average molecular weight is 413 g/mol. The summed E-state index contributed by atoms with van der Waals surface area (Å²) < 4.78 is 10.2. The summed E-state index contributed by atoms with van der Waals surface area (Å²) >= 11 is 0. The Balaban J connectivity index is 1.60. The fraction of sp³-hybridized carbons (Fsp3) is 0.250. The van der Waals surface area contributed by atoms with Gasteiger partial charge in [-0.15, -0.1) is 0 Å². The molecule has 2 amide bonds. The molecule has 3 rings (SSSR count). The van der Waals surface area contributed by atoms with Crippen molar-refractivity contribution in [2.75, 3.05) is 30.5 Å². The Morgan fingerprint density at radius 3 is 2.63 bits per heavy atom. The number of hydrogen-bond acceptors (Lipinski definition) is 7. The summed E-state index contributed by atoms with van der Waals surface area (Å²) in [5, 5.41) is 13.5. The molecule has 1 atom stereocenters. The largest absolute Gasteiger partial charge is 0.494 e. The lowest BCUT2D eigenvalue weighted by Gasteiger charge is -2.19. The monoisotopic (exact) mass is 413 g/mol. The highest BCUT2D eigenvalue weighted by Crippen LogP contribution is 2.35. The Hall–Kier alpha value is -3.95. The second-order valence-electron chi connectivity index (χ2n) is 6.54. The number of nitro groups is 1. The topological polar surface area (TPSA) is 128 Å². The molecule has 1 aliphatic heterocycles. The molecule has 1 fully saturated rings. The molecule has 0 spiro atoms. The minimum Gasteiger partial charge on any atom is -0.494 e. The highest BCUT2D eigenvalue weighted by Gasteiger charge is 2.37. The molecule has 1 heterocycles. The molecule has 10 nitrogen and oxygen atoms in total. The highest BCUT2D eigenvalue weighted by atomic mass is 16.6. The number of anilines is 2. The molecule has 2 aromatic carbocycles. The van der Waals surface area contributed by atoms with Crippen LogP contribution in [0.4, 0.5) is 17.1 Å². The van der Waals surface area contributed by atoms with Crippen molar-refractivity contribution in [1.82, 2.24) is 0 Å². The molecule has 0 aromatic heterocycles. The summed E-state index contributed by atoms with van der Waals surface area (Å²) in [5.74, 6) is -2.13. The number of carbonyl (C=O) groups excluding carboxylic acids is 3. The van der Waals surface area contributed by atoms with Gasteiger partial charge in [0.15, 0.2) is 6.61 Å². The van der Waals surface area contributed by atoms with E-state index in [4.69, 9.17) is 9.47 Å². The van der Waals surface area contributed by atoms with E-state index in [-0.39, 0.29) is 30.3 Å². The zero-order valence-corrected chi connectivity index (χ0v) is 16.1. The molecular weight excluding hydrogens is 394 g/mol. The summed E-state index contributed by atoms with van der Waals surface area (Å²) in [7, 11) is 1.33. The van der Waals surface area contributed by atoms with Crippen molar-refractivity contribution < 1.29 is 28.8 Å². The normalized spacial score (nSPS) is 15.6. The van der Waals surface area contributed by atoms with E-state index < -0.39 is 29.3 Å². The lowest BCUT2D eigenvalue weighted by atomic mass is 10.1. The third kappa shape index (κ3) is 4.72. The van der Waals surface area contributed by atoms with Gasteiger partial charge in [-0.25, -0.2) is 0 Å². The van der Waals surface area contributed by atoms with Gasteiger partial charge in [-0.1, -0.05) is 18.2 Å². The van der Waals surface area contributed by atoms with Crippen LogP contribution < -0.4 is 15.0 Å². The van der Waals surface area contributed by atoms with Crippen LogP contribution in [0.3, 0.4) is 0 Å². The van der Waals surface area contributed by atoms with Gasteiger partial charge in [0.2, 0.25) is 5.91 Å². The van der Waals surface area contributed by atoms with Crippen molar-refractivity contribution in [2.45, 2.75) is 6.42 Å². The number of carbonyl (C=O) groups is 3. The molecule has 1 aliphatic rings. The number of esters is 1. The second-order valence-corrected chi connectivity index (χ2v) is 6.54. The van der Waals surface area contributed by atoms with Gasteiger partial charge in [0, 0.05) is 24.7 Å². The summed E-state index contributed by atoms with van der Waals surface area (Å²) in [4.78, 5) is 48.3. The van der Waals surface area contributed by atoms with Crippen molar-refractivity contribution in [2.24, 2.45) is 5.92 Å². The Labute approximate surface area is 171 Å². The summed E-state index contributed by atoms with van der Waals surface area (Å²) in [6.07, 6.45) is -0.0979.